The molecule has 4 amide bonds. The number of halogens is 4. The van der Waals surface area contributed by atoms with E-state index in [-0.39, 0.29) is 29.4 Å². The lowest BCUT2D eigenvalue weighted by molar-refractivity contribution is -0.142. The van der Waals surface area contributed by atoms with E-state index < -0.39 is 76.3 Å². The van der Waals surface area contributed by atoms with Crippen molar-refractivity contribution in [1.29, 1.82) is 0 Å². The summed E-state index contributed by atoms with van der Waals surface area (Å²) in [5.74, 6) is -7.21. The number of phenols is 1. The molecule has 2 aliphatic carbocycles. The third-order valence-corrected chi connectivity index (χ3v) is 12.1. The quantitative estimate of drug-likeness (QED) is 0.138. The number of alkyl halides is 3. The van der Waals surface area contributed by atoms with Crippen LogP contribution in [0, 0.1) is 36.5 Å². The summed E-state index contributed by atoms with van der Waals surface area (Å²) in [7, 11) is 2.67. The van der Waals surface area contributed by atoms with Gasteiger partial charge in [-0.25, -0.2) is 4.98 Å². The highest BCUT2D eigenvalue weighted by Gasteiger charge is 2.70. The molecular weight excluding hydrogens is 775 g/mol. The van der Waals surface area contributed by atoms with Gasteiger partial charge in [0, 0.05) is 13.0 Å². The van der Waals surface area contributed by atoms with Crippen LogP contribution in [0.3, 0.4) is 0 Å². The van der Waals surface area contributed by atoms with E-state index >= 15 is 4.79 Å². The zero-order chi connectivity index (χ0) is 41.3. The molecule has 3 fully saturated rings. The van der Waals surface area contributed by atoms with E-state index in [0.29, 0.717) is 28.5 Å². The van der Waals surface area contributed by atoms with Crippen molar-refractivity contribution in [2.75, 3.05) is 24.6 Å². The molecule has 2 saturated heterocycles. The number of imide groups is 2. The van der Waals surface area contributed by atoms with Crippen molar-refractivity contribution in [1.82, 2.24) is 15.0 Å². The number of amides is 4. The molecule has 298 valence electrons. The molecule has 3 aromatic carbocycles. The first-order valence-corrected chi connectivity index (χ1v) is 18.9. The summed E-state index contributed by atoms with van der Waals surface area (Å²) < 4.78 is 46.5. The van der Waals surface area contributed by atoms with E-state index in [1.54, 1.807) is 54.6 Å². The predicted octanol–water partition coefficient (Wildman–Crippen LogP) is 7.36. The number of hydrazine groups is 2. The fraction of sp³-hybridized carbons (Fsp3) is 0.279. The number of allylic oxidation sites excluding steroid dienone is 3. The molecule has 4 aliphatic rings. The number of nitrogens with zero attached hydrogens (tertiary/aromatic N) is 4. The summed E-state index contributed by atoms with van der Waals surface area (Å²) in [6, 6.07) is 22.7. The predicted molar refractivity (Wildman–Crippen MR) is 208 cm³/mol. The molecule has 0 unspecified atom stereocenters. The summed E-state index contributed by atoms with van der Waals surface area (Å²) in [4.78, 5) is 62.6. The first-order chi connectivity index (χ1) is 27.7. The van der Waals surface area contributed by atoms with Gasteiger partial charge in [0.15, 0.2) is 17.3 Å². The van der Waals surface area contributed by atoms with Gasteiger partial charge >= 0.3 is 6.18 Å². The van der Waals surface area contributed by atoms with Crippen molar-refractivity contribution in [3.63, 3.8) is 0 Å². The number of aromatic hydroxyl groups is 1. The fourth-order valence-electron chi connectivity index (χ4n) is 9.19. The van der Waals surface area contributed by atoms with Gasteiger partial charge in [0.25, 0.3) is 23.6 Å². The number of phenolic OH excluding ortho intramolecular Hbond substituents is 1. The maximum Gasteiger partial charge on any atom is 0.433 e. The van der Waals surface area contributed by atoms with Gasteiger partial charge in [-0.05, 0) is 73.2 Å². The number of carbonyl (C=O) groups is 4. The lowest BCUT2D eigenvalue weighted by Gasteiger charge is -2.49. The zero-order valence-corrected chi connectivity index (χ0v) is 32.2. The van der Waals surface area contributed by atoms with Gasteiger partial charge in [-0.15, -0.1) is 0 Å². The average molecular weight is 812 g/mol. The van der Waals surface area contributed by atoms with E-state index in [4.69, 9.17) is 16.3 Å². The van der Waals surface area contributed by atoms with Crippen molar-refractivity contribution < 1.29 is 42.2 Å². The van der Waals surface area contributed by atoms with Gasteiger partial charge in [0.1, 0.15) is 5.69 Å². The molecule has 58 heavy (non-hydrogen) atoms. The highest BCUT2D eigenvalue weighted by molar-refractivity contribution is 6.33. The summed E-state index contributed by atoms with van der Waals surface area (Å²) in [6.07, 6.45) is 0.713. The molecule has 11 nitrogen and oxygen atoms in total. The number of aromatic nitrogens is 1. The van der Waals surface area contributed by atoms with Crippen molar-refractivity contribution in [2.24, 2.45) is 29.6 Å². The number of methoxy groups -OCH3 is 1. The van der Waals surface area contributed by atoms with Gasteiger partial charge < -0.3 is 9.84 Å². The first-order valence-electron chi connectivity index (χ1n) is 18.5. The van der Waals surface area contributed by atoms with Crippen molar-refractivity contribution in [2.45, 2.75) is 31.4 Å². The Labute approximate surface area is 336 Å². The van der Waals surface area contributed by atoms with Crippen LogP contribution in [0.2, 0.25) is 5.02 Å². The highest BCUT2D eigenvalue weighted by atomic mass is 35.5. The minimum atomic E-state index is -4.82. The zero-order valence-electron chi connectivity index (χ0n) is 31.4. The number of pyridine rings is 1. The van der Waals surface area contributed by atoms with Crippen LogP contribution in [-0.2, 0) is 30.8 Å². The van der Waals surface area contributed by atoms with Crippen LogP contribution in [0.15, 0.2) is 103 Å². The Kier molecular flexibility index (Phi) is 9.58. The van der Waals surface area contributed by atoms with Gasteiger partial charge in [0.05, 0.1) is 41.0 Å². The fourth-order valence-corrected chi connectivity index (χ4v) is 9.42. The number of ether oxygens (including phenoxy) is 1. The Morgan fingerprint density at radius 1 is 0.966 bits per heavy atom. The van der Waals surface area contributed by atoms with Crippen molar-refractivity contribution >= 4 is 52.8 Å². The molecule has 0 spiro atoms. The Morgan fingerprint density at radius 2 is 1.69 bits per heavy atom. The Morgan fingerprint density at radius 3 is 2.38 bits per heavy atom. The minimum absolute atomic E-state index is 0.00899. The van der Waals surface area contributed by atoms with Gasteiger partial charge in [-0.3, -0.25) is 29.6 Å². The Bertz CT molecular complexity index is 2410. The number of anilines is 2. The Hall–Kier alpha value is -6.15. The number of hydrogen-bond acceptors (Lipinski definition) is 9. The number of rotatable bonds is 8. The van der Waals surface area contributed by atoms with Crippen LogP contribution in [0.4, 0.5) is 24.7 Å². The lowest BCUT2D eigenvalue weighted by atomic mass is 9.50. The topological polar surface area (TPSA) is 132 Å². The number of aryl methyl sites for hydroxylation is 1. The van der Waals surface area contributed by atoms with E-state index in [2.05, 4.69) is 10.4 Å². The maximum atomic E-state index is 15.3. The third-order valence-electron chi connectivity index (χ3n) is 11.8. The second kappa shape index (κ2) is 14.3. The standard InChI is InChI=1S/C43H37ClF3N5O6/c1-23-9-13-26(14-10-23)49-51-39(55)31-22-29-27(15-16-28-36(29)40(56)52(38(28)54)50(2)37-32(44)18-20-35(48-37)43(45,46)47)30(17-11-24-12-19-33(53)34(21-24)58-3)42(31,41(51)57)25-7-5-4-6-8-25/h4-15,17-21,28-31,36,49,53H,16,22H2,1-3H3/t28-,29+,30-,31-,36-,42-/m0/s1. The number of fused-ring (bicyclic) bond motifs is 4. The third kappa shape index (κ3) is 6.08. The molecule has 1 saturated carbocycles. The summed E-state index contributed by atoms with van der Waals surface area (Å²) in [6.45, 7) is 1.91. The summed E-state index contributed by atoms with van der Waals surface area (Å²) >= 11 is 6.31. The molecule has 6 atom stereocenters. The van der Waals surface area contributed by atoms with E-state index in [9.17, 15) is 32.7 Å². The molecule has 1 aromatic heterocycles. The van der Waals surface area contributed by atoms with E-state index in [1.807, 2.05) is 37.3 Å². The van der Waals surface area contributed by atoms with Gasteiger partial charge in [-0.1, -0.05) is 89.5 Å². The van der Waals surface area contributed by atoms with E-state index in [1.165, 1.54) is 20.2 Å². The second-order valence-electron chi connectivity index (χ2n) is 14.9. The van der Waals surface area contributed by atoms with Gasteiger partial charge in [0.2, 0.25) is 0 Å². The maximum absolute atomic E-state index is 15.3. The molecule has 15 heteroatoms. The number of benzene rings is 3. The van der Waals surface area contributed by atoms with Crippen LogP contribution in [-0.4, -0.2) is 57.9 Å². The number of hydrogen-bond donors (Lipinski definition) is 2. The average Bonchev–Trinajstić information content (AvgIpc) is 3.59. The molecular formula is C43H37ClF3N5O6. The first kappa shape index (κ1) is 38.7. The second-order valence-corrected chi connectivity index (χ2v) is 15.3. The van der Waals surface area contributed by atoms with Crippen LogP contribution in [0.5, 0.6) is 11.5 Å². The van der Waals surface area contributed by atoms with Crippen molar-refractivity contribution in [3.8, 4) is 11.5 Å². The molecule has 2 N–H and O–H groups in total. The van der Waals surface area contributed by atoms with Crippen LogP contribution >= 0.6 is 11.6 Å². The minimum Gasteiger partial charge on any atom is -0.504 e. The SMILES string of the molecule is COc1cc(C=C[C@H]2C3=CC[C@@H]4C(=O)N(N(C)c5nc(C(F)(F)F)ccc5Cl)C(=O)[C@@H]4[C@@H]3C[C@H]3C(=O)N(Nc4ccc(C)cc4)C(=O)[C@@]23c2ccccc2)ccc1O. The van der Waals surface area contributed by atoms with Gasteiger partial charge in [-0.2, -0.15) is 23.2 Å². The molecule has 2 aliphatic heterocycles. The molecule has 8 rings (SSSR count). The number of nitrogens with one attached hydrogen (secondary N) is 1. The smallest absolute Gasteiger partial charge is 0.433 e. The molecule has 0 bridgehead atoms. The van der Waals surface area contributed by atoms with Crippen LogP contribution in [0.25, 0.3) is 6.08 Å². The summed E-state index contributed by atoms with van der Waals surface area (Å²) in [5.41, 5.74) is 3.62. The lowest BCUT2D eigenvalue weighted by Crippen LogP contribution is -2.54. The van der Waals surface area contributed by atoms with E-state index in [0.717, 1.165) is 26.7 Å². The molecule has 0 radical (unpaired) electrons. The van der Waals surface area contributed by atoms with Crippen LogP contribution < -0.4 is 15.2 Å². The van der Waals surface area contributed by atoms with Crippen molar-refractivity contribution in [3.05, 3.63) is 130 Å². The number of carbonyl (C=O) groups excluding carboxylic acids is 4. The Balaban J connectivity index is 1.26. The monoisotopic (exact) mass is 811 g/mol. The largest absolute Gasteiger partial charge is 0.504 e. The highest BCUT2D eigenvalue weighted by Crippen LogP contribution is 2.61. The molecule has 4 aromatic rings. The van der Waals surface area contributed by atoms with Crippen LogP contribution in [0.1, 0.15) is 35.2 Å². The normalized spacial score (nSPS) is 25.4. The molecule has 3 heterocycles. The summed E-state index contributed by atoms with van der Waals surface area (Å²) in [5, 5.41) is 12.9.